The monoisotopic (exact) mass is 297 g/mol. The fourth-order valence-corrected chi connectivity index (χ4v) is 2.66. The molecule has 1 amide bonds. The van der Waals surface area contributed by atoms with Crippen LogP contribution in [0.3, 0.4) is 0 Å². The van der Waals surface area contributed by atoms with Gasteiger partial charge in [-0.25, -0.2) is 9.97 Å². The maximum absolute atomic E-state index is 11.6. The van der Waals surface area contributed by atoms with Gasteiger partial charge in [0.1, 0.15) is 18.2 Å². The lowest BCUT2D eigenvalue weighted by molar-refractivity contribution is -0.121. The van der Waals surface area contributed by atoms with Crippen LogP contribution < -0.4 is 10.1 Å². The summed E-state index contributed by atoms with van der Waals surface area (Å²) in [5.41, 5.74) is 3.10. The van der Waals surface area contributed by atoms with Crippen LogP contribution in [0, 0.1) is 0 Å². The minimum atomic E-state index is -0.0124. The summed E-state index contributed by atoms with van der Waals surface area (Å²) < 4.78 is 6.05. The number of amides is 1. The molecule has 1 aromatic heterocycles. The van der Waals surface area contributed by atoms with Crippen LogP contribution in [0.1, 0.15) is 25.3 Å². The normalized spacial score (nSPS) is 16.0. The zero-order valence-electron chi connectivity index (χ0n) is 12.6. The Balaban J connectivity index is 1.72. The van der Waals surface area contributed by atoms with Crippen LogP contribution >= 0.6 is 0 Å². The van der Waals surface area contributed by atoms with Crippen LogP contribution in [-0.4, -0.2) is 28.5 Å². The first-order valence-electron chi connectivity index (χ1n) is 7.58. The van der Waals surface area contributed by atoms with E-state index in [2.05, 4.69) is 21.4 Å². The molecule has 114 valence electrons. The third-order valence-corrected chi connectivity index (χ3v) is 3.70. The van der Waals surface area contributed by atoms with Gasteiger partial charge in [-0.05, 0) is 12.0 Å². The number of hydrogen-bond acceptors (Lipinski definition) is 4. The predicted octanol–water partition coefficient (Wildman–Crippen LogP) is 2.36. The van der Waals surface area contributed by atoms with Crippen molar-refractivity contribution in [2.45, 2.75) is 32.3 Å². The summed E-state index contributed by atoms with van der Waals surface area (Å²) in [5, 5.41) is 2.93. The standard InChI is InChI=1S/C17H19N3O2/c1-2-4-16(21)20-10-14-7-12-5-3-6-15(17(12)22-14)13-8-18-11-19-9-13/h3,5-6,8-9,11,14H,2,4,7,10H2,1H3,(H,20,21)/t14-/m0/s1. The molecular weight excluding hydrogens is 278 g/mol. The molecule has 22 heavy (non-hydrogen) atoms. The zero-order valence-corrected chi connectivity index (χ0v) is 12.6. The van der Waals surface area contributed by atoms with Gasteiger partial charge in [-0.2, -0.15) is 0 Å². The van der Waals surface area contributed by atoms with Gasteiger partial charge in [0.05, 0.1) is 6.54 Å². The summed E-state index contributed by atoms with van der Waals surface area (Å²) >= 11 is 0. The van der Waals surface area contributed by atoms with E-state index >= 15 is 0 Å². The number of aromatic nitrogens is 2. The molecule has 0 unspecified atom stereocenters. The number of nitrogens with zero attached hydrogens (tertiary/aromatic N) is 2. The highest BCUT2D eigenvalue weighted by Gasteiger charge is 2.26. The van der Waals surface area contributed by atoms with Crippen molar-refractivity contribution in [1.82, 2.24) is 15.3 Å². The Labute approximate surface area is 129 Å². The van der Waals surface area contributed by atoms with Gasteiger partial charge >= 0.3 is 0 Å². The van der Waals surface area contributed by atoms with Crippen molar-refractivity contribution in [3.8, 4) is 16.9 Å². The summed E-state index contributed by atoms with van der Waals surface area (Å²) in [6.07, 6.45) is 7.29. The Hall–Kier alpha value is -2.43. The molecule has 0 saturated carbocycles. The van der Waals surface area contributed by atoms with Gasteiger partial charge in [0.25, 0.3) is 0 Å². The molecule has 0 saturated heterocycles. The number of nitrogens with one attached hydrogen (secondary N) is 1. The third-order valence-electron chi connectivity index (χ3n) is 3.70. The molecule has 2 heterocycles. The molecule has 1 atom stereocenters. The Bertz CT molecular complexity index is 658. The second kappa shape index (κ2) is 6.56. The highest BCUT2D eigenvalue weighted by molar-refractivity contribution is 5.76. The van der Waals surface area contributed by atoms with Gasteiger partial charge in [-0.15, -0.1) is 0 Å². The average molecular weight is 297 g/mol. The lowest BCUT2D eigenvalue weighted by Crippen LogP contribution is -2.34. The van der Waals surface area contributed by atoms with Crippen molar-refractivity contribution in [2.24, 2.45) is 0 Å². The van der Waals surface area contributed by atoms with Gasteiger partial charge < -0.3 is 10.1 Å². The summed E-state index contributed by atoms with van der Waals surface area (Å²) in [7, 11) is 0. The van der Waals surface area contributed by atoms with E-state index in [-0.39, 0.29) is 12.0 Å². The van der Waals surface area contributed by atoms with Crippen molar-refractivity contribution >= 4 is 5.91 Å². The van der Waals surface area contributed by atoms with Crippen LogP contribution in [0.5, 0.6) is 5.75 Å². The predicted molar refractivity (Wildman–Crippen MR) is 83.5 cm³/mol. The number of rotatable bonds is 5. The second-order valence-electron chi connectivity index (χ2n) is 5.42. The number of ether oxygens (including phenoxy) is 1. The largest absolute Gasteiger partial charge is 0.487 e. The van der Waals surface area contributed by atoms with Crippen molar-refractivity contribution in [3.05, 3.63) is 42.5 Å². The number of carbonyl (C=O) groups is 1. The molecule has 1 aliphatic rings. The summed E-state index contributed by atoms with van der Waals surface area (Å²) in [6, 6.07) is 6.09. The Morgan fingerprint density at radius 2 is 2.18 bits per heavy atom. The molecule has 2 aromatic rings. The fraction of sp³-hybridized carbons (Fsp3) is 0.353. The Kier molecular flexibility index (Phi) is 4.32. The minimum absolute atomic E-state index is 0.0124. The fourth-order valence-electron chi connectivity index (χ4n) is 2.66. The maximum atomic E-state index is 11.6. The summed E-state index contributed by atoms with van der Waals surface area (Å²) in [5.74, 6) is 0.964. The first-order chi connectivity index (χ1) is 10.8. The van der Waals surface area contributed by atoms with E-state index in [1.807, 2.05) is 19.1 Å². The maximum Gasteiger partial charge on any atom is 0.220 e. The zero-order chi connectivity index (χ0) is 15.4. The number of benzene rings is 1. The molecule has 1 aliphatic heterocycles. The molecule has 0 radical (unpaired) electrons. The van der Waals surface area contributed by atoms with Crippen LogP contribution in [0.2, 0.25) is 0 Å². The van der Waals surface area contributed by atoms with E-state index in [9.17, 15) is 4.79 Å². The highest BCUT2D eigenvalue weighted by atomic mass is 16.5. The lowest BCUT2D eigenvalue weighted by Gasteiger charge is -2.13. The van der Waals surface area contributed by atoms with Gasteiger partial charge in [0.2, 0.25) is 5.91 Å². The number of fused-ring (bicyclic) bond motifs is 1. The highest BCUT2D eigenvalue weighted by Crippen LogP contribution is 2.38. The van der Waals surface area contributed by atoms with Crippen LogP contribution in [0.25, 0.3) is 11.1 Å². The van der Waals surface area contributed by atoms with Crippen LogP contribution in [0.4, 0.5) is 0 Å². The minimum Gasteiger partial charge on any atom is -0.487 e. The Morgan fingerprint density at radius 3 is 2.95 bits per heavy atom. The van der Waals surface area contributed by atoms with E-state index < -0.39 is 0 Å². The van der Waals surface area contributed by atoms with E-state index in [1.54, 1.807) is 12.4 Å². The smallest absolute Gasteiger partial charge is 0.220 e. The molecule has 5 heteroatoms. The van der Waals surface area contributed by atoms with Gasteiger partial charge in [-0.1, -0.05) is 25.1 Å². The van der Waals surface area contributed by atoms with E-state index in [0.717, 1.165) is 35.3 Å². The molecule has 5 nitrogen and oxygen atoms in total. The van der Waals surface area contributed by atoms with Gasteiger partial charge in [-0.3, -0.25) is 4.79 Å². The quantitative estimate of drug-likeness (QED) is 0.920. The summed E-state index contributed by atoms with van der Waals surface area (Å²) in [4.78, 5) is 19.7. The van der Waals surface area contributed by atoms with Crippen LogP contribution in [0.15, 0.2) is 36.9 Å². The molecule has 1 N–H and O–H groups in total. The summed E-state index contributed by atoms with van der Waals surface area (Å²) in [6.45, 7) is 2.54. The molecule has 3 rings (SSSR count). The van der Waals surface area contributed by atoms with Crippen molar-refractivity contribution in [1.29, 1.82) is 0 Å². The van der Waals surface area contributed by atoms with Crippen molar-refractivity contribution in [3.63, 3.8) is 0 Å². The first kappa shape index (κ1) is 14.5. The second-order valence-corrected chi connectivity index (χ2v) is 5.42. The number of carbonyl (C=O) groups excluding carboxylic acids is 1. The SMILES string of the molecule is CCCC(=O)NC[C@@H]1Cc2cccc(-c3cncnc3)c2O1. The van der Waals surface area contributed by atoms with Gasteiger partial charge in [0, 0.05) is 36.4 Å². The molecule has 0 bridgehead atoms. The molecule has 0 spiro atoms. The van der Waals surface area contributed by atoms with E-state index in [4.69, 9.17) is 4.74 Å². The first-order valence-corrected chi connectivity index (χ1v) is 7.58. The lowest BCUT2D eigenvalue weighted by atomic mass is 10.0. The molecule has 1 aromatic carbocycles. The Morgan fingerprint density at radius 1 is 1.36 bits per heavy atom. The average Bonchev–Trinajstić information content (AvgIpc) is 2.97. The van der Waals surface area contributed by atoms with E-state index in [0.29, 0.717) is 13.0 Å². The van der Waals surface area contributed by atoms with Crippen molar-refractivity contribution in [2.75, 3.05) is 6.54 Å². The third kappa shape index (κ3) is 3.08. The van der Waals surface area contributed by atoms with Crippen molar-refractivity contribution < 1.29 is 9.53 Å². The number of para-hydroxylation sites is 1. The molecular formula is C17H19N3O2. The molecule has 0 fully saturated rings. The topological polar surface area (TPSA) is 64.1 Å². The van der Waals surface area contributed by atoms with Gasteiger partial charge in [0.15, 0.2) is 0 Å². The number of hydrogen-bond donors (Lipinski definition) is 1. The van der Waals surface area contributed by atoms with E-state index in [1.165, 1.54) is 6.33 Å². The molecule has 0 aliphatic carbocycles. The van der Waals surface area contributed by atoms with Crippen LogP contribution in [-0.2, 0) is 11.2 Å².